The Hall–Kier alpha value is -2.50. The van der Waals surface area contributed by atoms with Crippen LogP contribution in [0.15, 0.2) is 30.6 Å². The monoisotopic (exact) mass is 313 g/mol. The highest BCUT2D eigenvalue weighted by atomic mass is 16.1. The van der Waals surface area contributed by atoms with Crippen molar-refractivity contribution < 1.29 is 4.79 Å². The maximum absolute atomic E-state index is 12.3. The maximum atomic E-state index is 12.3. The van der Waals surface area contributed by atoms with Crippen LogP contribution in [0.2, 0.25) is 0 Å². The van der Waals surface area contributed by atoms with Crippen molar-refractivity contribution >= 4 is 11.9 Å². The van der Waals surface area contributed by atoms with E-state index in [2.05, 4.69) is 32.5 Å². The molecule has 0 fully saturated rings. The lowest BCUT2D eigenvalue weighted by atomic mass is 10.2. The number of rotatable bonds is 8. The molecule has 0 aliphatic heterocycles. The number of amides is 1. The molecule has 6 nitrogen and oxygen atoms in total. The van der Waals surface area contributed by atoms with Gasteiger partial charge >= 0.3 is 0 Å². The Kier molecular flexibility index (Phi) is 6.47. The second kappa shape index (κ2) is 8.82. The van der Waals surface area contributed by atoms with Crippen molar-refractivity contribution in [2.75, 3.05) is 11.9 Å². The molecule has 122 valence electrons. The zero-order valence-electron chi connectivity index (χ0n) is 13.7. The van der Waals surface area contributed by atoms with Crippen LogP contribution in [0.25, 0.3) is 0 Å². The fraction of sp³-hybridized carbons (Fsp3) is 0.412. The third-order valence-corrected chi connectivity index (χ3v) is 3.35. The van der Waals surface area contributed by atoms with E-state index in [-0.39, 0.29) is 5.91 Å². The fourth-order valence-corrected chi connectivity index (χ4v) is 2.11. The van der Waals surface area contributed by atoms with Crippen LogP contribution in [0.3, 0.4) is 0 Å². The second-order valence-corrected chi connectivity index (χ2v) is 5.39. The third-order valence-electron chi connectivity index (χ3n) is 3.35. The normalized spacial score (nSPS) is 10.3. The van der Waals surface area contributed by atoms with Crippen molar-refractivity contribution in [3.63, 3.8) is 0 Å². The average molecular weight is 313 g/mol. The molecule has 2 heterocycles. The Balaban J connectivity index is 1.95. The maximum Gasteiger partial charge on any atom is 0.270 e. The predicted molar refractivity (Wildman–Crippen MR) is 90.2 cm³/mol. The molecule has 2 rings (SSSR count). The number of nitrogens with one attached hydrogen (secondary N) is 2. The van der Waals surface area contributed by atoms with E-state index in [1.165, 1.54) is 6.42 Å². The van der Waals surface area contributed by atoms with Crippen LogP contribution < -0.4 is 10.6 Å². The van der Waals surface area contributed by atoms with Crippen molar-refractivity contribution in [3.05, 3.63) is 47.5 Å². The first-order valence-corrected chi connectivity index (χ1v) is 7.95. The Morgan fingerprint density at radius 2 is 1.96 bits per heavy atom. The van der Waals surface area contributed by atoms with Crippen LogP contribution in [0.4, 0.5) is 5.95 Å². The van der Waals surface area contributed by atoms with Crippen molar-refractivity contribution in [1.82, 2.24) is 20.3 Å². The molecule has 23 heavy (non-hydrogen) atoms. The van der Waals surface area contributed by atoms with E-state index in [9.17, 15) is 4.79 Å². The lowest BCUT2D eigenvalue weighted by molar-refractivity contribution is 0.0945. The molecule has 6 heteroatoms. The number of carbonyl (C=O) groups is 1. The zero-order chi connectivity index (χ0) is 16.5. The molecule has 0 saturated heterocycles. The van der Waals surface area contributed by atoms with Gasteiger partial charge in [0.1, 0.15) is 5.69 Å². The fourth-order valence-electron chi connectivity index (χ4n) is 2.11. The van der Waals surface area contributed by atoms with Gasteiger partial charge in [-0.1, -0.05) is 19.8 Å². The minimum absolute atomic E-state index is 0.205. The topological polar surface area (TPSA) is 79.8 Å². The van der Waals surface area contributed by atoms with Gasteiger partial charge in [0.15, 0.2) is 0 Å². The molecular formula is C17H23N5O. The van der Waals surface area contributed by atoms with E-state index in [1.807, 2.05) is 19.1 Å². The molecule has 1 amide bonds. The molecule has 0 aromatic carbocycles. The Bertz CT molecular complexity index is 630. The quantitative estimate of drug-likeness (QED) is 0.733. The summed E-state index contributed by atoms with van der Waals surface area (Å²) in [5, 5.41) is 6.04. The molecule has 0 aliphatic carbocycles. The number of aryl methyl sites for hydroxylation is 1. The molecular weight excluding hydrogens is 290 g/mol. The van der Waals surface area contributed by atoms with Crippen molar-refractivity contribution in [2.45, 2.75) is 39.7 Å². The molecule has 0 unspecified atom stereocenters. The first kappa shape index (κ1) is 16.9. The molecule has 0 spiro atoms. The summed E-state index contributed by atoms with van der Waals surface area (Å²) in [5.41, 5.74) is 2.15. The van der Waals surface area contributed by atoms with Crippen LogP contribution in [-0.2, 0) is 6.54 Å². The molecule has 0 atom stereocenters. The molecule has 2 aromatic heterocycles. The minimum Gasteiger partial charge on any atom is -0.354 e. The van der Waals surface area contributed by atoms with Gasteiger partial charge in [0.2, 0.25) is 5.95 Å². The first-order chi connectivity index (χ1) is 11.2. The summed E-state index contributed by atoms with van der Waals surface area (Å²) in [6.07, 6.45) is 6.80. The summed E-state index contributed by atoms with van der Waals surface area (Å²) in [5.74, 6) is 0.305. The van der Waals surface area contributed by atoms with Crippen molar-refractivity contribution in [3.8, 4) is 0 Å². The van der Waals surface area contributed by atoms with Gasteiger partial charge in [-0.25, -0.2) is 9.97 Å². The predicted octanol–water partition coefficient (Wildman–Crippen LogP) is 2.71. The van der Waals surface area contributed by atoms with Crippen LogP contribution >= 0.6 is 0 Å². The van der Waals surface area contributed by atoms with Gasteiger partial charge in [-0.3, -0.25) is 9.78 Å². The number of nitrogens with zero attached hydrogens (tertiary/aromatic N) is 3. The Morgan fingerprint density at radius 3 is 2.70 bits per heavy atom. The third kappa shape index (κ3) is 5.65. The molecule has 2 aromatic rings. The summed E-state index contributed by atoms with van der Waals surface area (Å²) < 4.78 is 0. The van der Waals surface area contributed by atoms with Crippen LogP contribution in [0.1, 0.15) is 47.9 Å². The second-order valence-electron chi connectivity index (χ2n) is 5.39. The molecule has 0 saturated carbocycles. The van der Waals surface area contributed by atoms with Crippen LogP contribution in [0.5, 0.6) is 0 Å². The number of aromatic nitrogens is 3. The summed E-state index contributed by atoms with van der Waals surface area (Å²) in [4.78, 5) is 24.8. The highest BCUT2D eigenvalue weighted by Crippen LogP contribution is 2.06. The highest BCUT2D eigenvalue weighted by Gasteiger charge is 2.10. The largest absolute Gasteiger partial charge is 0.354 e. The summed E-state index contributed by atoms with van der Waals surface area (Å²) in [6.45, 7) is 5.28. The number of hydrogen-bond donors (Lipinski definition) is 2. The van der Waals surface area contributed by atoms with Gasteiger partial charge in [-0.15, -0.1) is 0 Å². The standard InChI is InChI=1S/C17H23N5O/c1-3-4-5-8-19-17-21-13(2)11-15(22-17)16(23)20-12-14-6-9-18-10-7-14/h6-7,9-11H,3-5,8,12H2,1-2H3,(H,20,23)(H,19,21,22). The molecule has 0 bridgehead atoms. The SMILES string of the molecule is CCCCCNc1nc(C)cc(C(=O)NCc2ccncc2)n1. The van der Waals surface area contributed by atoms with E-state index in [0.29, 0.717) is 18.2 Å². The van der Waals surface area contributed by atoms with E-state index >= 15 is 0 Å². The van der Waals surface area contributed by atoms with E-state index in [4.69, 9.17) is 0 Å². The van der Waals surface area contributed by atoms with Gasteiger partial charge in [0, 0.05) is 31.2 Å². The van der Waals surface area contributed by atoms with E-state index < -0.39 is 0 Å². The van der Waals surface area contributed by atoms with Gasteiger partial charge < -0.3 is 10.6 Å². The number of pyridine rings is 1. The molecule has 2 N–H and O–H groups in total. The summed E-state index contributed by atoms with van der Waals surface area (Å²) >= 11 is 0. The Morgan fingerprint density at radius 1 is 1.17 bits per heavy atom. The number of carbonyl (C=O) groups excluding carboxylic acids is 1. The lowest BCUT2D eigenvalue weighted by Gasteiger charge is -2.09. The van der Waals surface area contributed by atoms with E-state index in [1.54, 1.807) is 18.5 Å². The molecule has 0 aliphatic rings. The van der Waals surface area contributed by atoms with E-state index in [0.717, 1.165) is 30.6 Å². The van der Waals surface area contributed by atoms with Crippen molar-refractivity contribution in [2.24, 2.45) is 0 Å². The summed E-state index contributed by atoms with van der Waals surface area (Å²) in [6, 6.07) is 5.43. The highest BCUT2D eigenvalue weighted by molar-refractivity contribution is 5.92. The minimum atomic E-state index is -0.205. The Labute approximate surface area is 136 Å². The lowest BCUT2D eigenvalue weighted by Crippen LogP contribution is -2.24. The van der Waals surface area contributed by atoms with Gasteiger partial charge in [0.25, 0.3) is 5.91 Å². The van der Waals surface area contributed by atoms with Gasteiger partial charge in [-0.2, -0.15) is 0 Å². The van der Waals surface area contributed by atoms with Gasteiger partial charge in [0.05, 0.1) is 0 Å². The van der Waals surface area contributed by atoms with Crippen molar-refractivity contribution in [1.29, 1.82) is 0 Å². The molecule has 0 radical (unpaired) electrons. The summed E-state index contributed by atoms with van der Waals surface area (Å²) in [7, 11) is 0. The van der Waals surface area contributed by atoms with Crippen LogP contribution in [-0.4, -0.2) is 27.4 Å². The number of unbranched alkanes of at least 4 members (excludes halogenated alkanes) is 2. The first-order valence-electron chi connectivity index (χ1n) is 7.95. The zero-order valence-corrected chi connectivity index (χ0v) is 13.7. The number of hydrogen-bond acceptors (Lipinski definition) is 5. The average Bonchev–Trinajstić information content (AvgIpc) is 2.57. The van der Waals surface area contributed by atoms with Crippen LogP contribution in [0, 0.1) is 6.92 Å². The smallest absolute Gasteiger partial charge is 0.270 e. The number of anilines is 1. The van der Waals surface area contributed by atoms with Gasteiger partial charge in [-0.05, 0) is 37.1 Å².